The summed E-state index contributed by atoms with van der Waals surface area (Å²) in [6.07, 6.45) is 1.21. The lowest BCUT2D eigenvalue weighted by Crippen LogP contribution is -2.04. The highest BCUT2D eigenvalue weighted by Crippen LogP contribution is 2.18. The van der Waals surface area contributed by atoms with Gasteiger partial charge >= 0.3 is 5.97 Å². The number of carbonyl (C=O) groups excluding carboxylic acids is 1. The Hall–Kier alpha value is -1.64. The molecule has 0 heterocycles. The Morgan fingerprint density at radius 1 is 1.47 bits per heavy atom. The van der Waals surface area contributed by atoms with E-state index in [1.807, 2.05) is 32.0 Å². The molecule has 0 saturated heterocycles. The maximum atomic E-state index is 11.0. The maximum Gasteiger partial charge on any atom is 0.349 e. The number of aliphatic imine (C=N–C) groups is 1. The van der Waals surface area contributed by atoms with Crippen molar-refractivity contribution in [1.82, 2.24) is 0 Å². The molecule has 1 rings (SSSR count). The summed E-state index contributed by atoms with van der Waals surface area (Å²) in [4.78, 5) is 15.1. The largest absolute Gasteiger partial charge is 0.462 e. The summed E-state index contributed by atoms with van der Waals surface area (Å²) < 4.78 is 4.74. The minimum absolute atomic E-state index is 0.373. The van der Waals surface area contributed by atoms with Gasteiger partial charge in [-0.1, -0.05) is 17.7 Å². The van der Waals surface area contributed by atoms with Gasteiger partial charge in [0.25, 0.3) is 0 Å². The Bertz CT molecular complexity index is 383. The van der Waals surface area contributed by atoms with E-state index in [-0.39, 0.29) is 0 Å². The zero-order chi connectivity index (χ0) is 11.3. The molecule has 0 aromatic heterocycles. The molecule has 3 heteroatoms. The van der Waals surface area contributed by atoms with E-state index in [1.54, 1.807) is 6.92 Å². The van der Waals surface area contributed by atoms with Crippen molar-refractivity contribution in [1.29, 1.82) is 0 Å². The van der Waals surface area contributed by atoms with Crippen LogP contribution in [-0.4, -0.2) is 18.8 Å². The maximum absolute atomic E-state index is 11.0. The highest BCUT2D eigenvalue weighted by molar-refractivity contribution is 6.23. The van der Waals surface area contributed by atoms with E-state index in [4.69, 9.17) is 4.74 Å². The number of aryl methyl sites for hydroxylation is 2. The number of nitrogens with zero attached hydrogens (tertiary/aromatic N) is 1. The lowest BCUT2D eigenvalue weighted by Gasteiger charge is -2.00. The van der Waals surface area contributed by atoms with Crippen LogP contribution in [0.1, 0.15) is 18.1 Å². The number of ether oxygens (including phenoxy) is 1. The summed E-state index contributed by atoms with van der Waals surface area (Å²) in [5.74, 6) is -0.405. The number of esters is 1. The first-order chi connectivity index (χ1) is 7.13. The fourth-order valence-electron chi connectivity index (χ4n) is 1.25. The van der Waals surface area contributed by atoms with Crippen molar-refractivity contribution >= 4 is 17.9 Å². The lowest BCUT2D eigenvalue weighted by atomic mass is 10.1. The van der Waals surface area contributed by atoms with Gasteiger partial charge in [0.1, 0.15) is 6.21 Å². The highest BCUT2D eigenvalue weighted by Gasteiger charge is 1.98. The van der Waals surface area contributed by atoms with Gasteiger partial charge in [-0.15, -0.1) is 0 Å². The third kappa shape index (κ3) is 3.54. The molecular weight excluding hydrogens is 190 g/mol. The topological polar surface area (TPSA) is 38.7 Å². The molecule has 0 aliphatic heterocycles. The van der Waals surface area contributed by atoms with Crippen LogP contribution >= 0.6 is 0 Å². The van der Waals surface area contributed by atoms with E-state index < -0.39 is 5.97 Å². The van der Waals surface area contributed by atoms with Gasteiger partial charge < -0.3 is 4.74 Å². The average Bonchev–Trinajstić information content (AvgIpc) is 2.17. The molecule has 0 fully saturated rings. The molecule has 80 valence electrons. The Morgan fingerprint density at radius 3 is 2.80 bits per heavy atom. The van der Waals surface area contributed by atoms with Crippen LogP contribution in [0.25, 0.3) is 0 Å². The molecule has 0 radical (unpaired) electrons. The molecule has 0 atom stereocenters. The van der Waals surface area contributed by atoms with E-state index in [2.05, 4.69) is 4.99 Å². The predicted octanol–water partition coefficient (Wildman–Crippen LogP) is 2.57. The Balaban J connectivity index is 2.76. The number of rotatable bonds is 3. The van der Waals surface area contributed by atoms with Crippen LogP contribution in [0.15, 0.2) is 23.2 Å². The number of benzene rings is 1. The quantitative estimate of drug-likeness (QED) is 0.562. The minimum atomic E-state index is -0.405. The van der Waals surface area contributed by atoms with Gasteiger partial charge in [0.15, 0.2) is 0 Å². The van der Waals surface area contributed by atoms with Crippen LogP contribution < -0.4 is 0 Å². The molecule has 1 aromatic carbocycles. The van der Waals surface area contributed by atoms with Crippen LogP contribution in [0.5, 0.6) is 0 Å². The van der Waals surface area contributed by atoms with Crippen molar-refractivity contribution in [3.8, 4) is 0 Å². The Morgan fingerprint density at radius 2 is 2.20 bits per heavy atom. The molecule has 15 heavy (non-hydrogen) atoms. The molecule has 0 saturated carbocycles. The number of hydrogen-bond donors (Lipinski definition) is 0. The Labute approximate surface area is 89.8 Å². The van der Waals surface area contributed by atoms with E-state index in [9.17, 15) is 4.79 Å². The van der Waals surface area contributed by atoms with E-state index in [0.29, 0.717) is 6.61 Å². The van der Waals surface area contributed by atoms with Crippen molar-refractivity contribution in [3.05, 3.63) is 29.3 Å². The van der Waals surface area contributed by atoms with Gasteiger partial charge in [-0.05, 0) is 32.4 Å². The summed E-state index contributed by atoms with van der Waals surface area (Å²) in [6, 6.07) is 5.88. The van der Waals surface area contributed by atoms with Gasteiger partial charge in [-0.2, -0.15) is 0 Å². The van der Waals surface area contributed by atoms with Crippen molar-refractivity contribution in [2.75, 3.05) is 6.61 Å². The summed E-state index contributed by atoms with van der Waals surface area (Å²) in [7, 11) is 0. The van der Waals surface area contributed by atoms with Crippen LogP contribution in [0.4, 0.5) is 5.69 Å². The molecule has 0 bridgehead atoms. The van der Waals surface area contributed by atoms with Gasteiger partial charge in [0.05, 0.1) is 12.3 Å². The van der Waals surface area contributed by atoms with Crippen LogP contribution in [0, 0.1) is 13.8 Å². The third-order valence-corrected chi connectivity index (χ3v) is 1.95. The molecule has 0 N–H and O–H groups in total. The van der Waals surface area contributed by atoms with Crippen LogP contribution in [0.3, 0.4) is 0 Å². The molecule has 0 aliphatic rings. The van der Waals surface area contributed by atoms with E-state index >= 15 is 0 Å². The monoisotopic (exact) mass is 205 g/mol. The molecule has 0 aliphatic carbocycles. The van der Waals surface area contributed by atoms with Gasteiger partial charge in [-0.3, -0.25) is 0 Å². The molecular formula is C12H15NO2. The minimum Gasteiger partial charge on any atom is -0.462 e. The second kappa shape index (κ2) is 5.29. The lowest BCUT2D eigenvalue weighted by molar-refractivity contribution is -0.134. The van der Waals surface area contributed by atoms with Crippen molar-refractivity contribution in [2.45, 2.75) is 20.8 Å². The first-order valence-corrected chi connectivity index (χ1v) is 4.91. The first-order valence-electron chi connectivity index (χ1n) is 4.91. The molecule has 1 aromatic rings. The Kier molecular flexibility index (Phi) is 4.03. The smallest absolute Gasteiger partial charge is 0.349 e. The highest BCUT2D eigenvalue weighted by atomic mass is 16.5. The normalized spacial score (nSPS) is 10.6. The van der Waals surface area contributed by atoms with E-state index in [1.165, 1.54) is 11.8 Å². The zero-order valence-electron chi connectivity index (χ0n) is 9.28. The molecule has 0 unspecified atom stereocenters. The SMILES string of the molecule is CCOC(=O)/C=N/c1ccc(C)cc1C. The molecule has 3 nitrogen and oxygen atoms in total. The fraction of sp³-hybridized carbons (Fsp3) is 0.333. The fourth-order valence-corrected chi connectivity index (χ4v) is 1.25. The molecule has 0 amide bonds. The third-order valence-electron chi connectivity index (χ3n) is 1.95. The van der Waals surface area contributed by atoms with Crippen molar-refractivity contribution in [3.63, 3.8) is 0 Å². The summed E-state index contributed by atoms with van der Waals surface area (Å²) in [6.45, 7) is 6.12. The van der Waals surface area contributed by atoms with Gasteiger partial charge in [-0.25, -0.2) is 9.79 Å². The number of carbonyl (C=O) groups is 1. The molecule has 0 spiro atoms. The second-order valence-electron chi connectivity index (χ2n) is 3.30. The van der Waals surface area contributed by atoms with Gasteiger partial charge in [0.2, 0.25) is 0 Å². The van der Waals surface area contributed by atoms with Gasteiger partial charge in [0, 0.05) is 0 Å². The van der Waals surface area contributed by atoms with Crippen molar-refractivity contribution < 1.29 is 9.53 Å². The number of hydrogen-bond acceptors (Lipinski definition) is 3. The van der Waals surface area contributed by atoms with Crippen LogP contribution in [0.2, 0.25) is 0 Å². The predicted molar refractivity (Wildman–Crippen MR) is 60.7 cm³/mol. The summed E-state index contributed by atoms with van der Waals surface area (Å²) in [5.41, 5.74) is 3.03. The van der Waals surface area contributed by atoms with Crippen LogP contribution in [-0.2, 0) is 9.53 Å². The summed E-state index contributed by atoms with van der Waals surface area (Å²) in [5, 5.41) is 0. The standard InChI is InChI=1S/C12H15NO2/c1-4-15-12(14)8-13-11-6-5-9(2)7-10(11)3/h5-8H,4H2,1-3H3/b13-8+. The summed E-state index contributed by atoms with van der Waals surface area (Å²) >= 11 is 0. The van der Waals surface area contributed by atoms with E-state index in [0.717, 1.165) is 11.3 Å². The zero-order valence-corrected chi connectivity index (χ0v) is 9.28. The van der Waals surface area contributed by atoms with Crippen molar-refractivity contribution in [2.24, 2.45) is 4.99 Å². The first kappa shape index (κ1) is 11.4. The average molecular weight is 205 g/mol. The second-order valence-corrected chi connectivity index (χ2v) is 3.30.